The third-order valence-electron chi connectivity index (χ3n) is 10.3. The molecule has 0 fully saturated rings. The van der Waals surface area contributed by atoms with E-state index in [2.05, 4.69) is 153 Å². The highest BCUT2D eigenvalue weighted by Crippen LogP contribution is 2.39. The highest BCUT2D eigenvalue weighted by atomic mass is 16.3. The summed E-state index contributed by atoms with van der Waals surface area (Å²) >= 11 is 0. The summed E-state index contributed by atoms with van der Waals surface area (Å²) < 4.78 is 6.21. The van der Waals surface area contributed by atoms with Crippen LogP contribution in [0.1, 0.15) is 30.0 Å². The Labute approximate surface area is 295 Å². The molecule has 0 aliphatic carbocycles. The molecular formula is C48H32N2O. The molecule has 2 heterocycles. The minimum Gasteiger partial charge on any atom is -0.456 e. The van der Waals surface area contributed by atoms with Crippen molar-refractivity contribution < 1.29 is 4.42 Å². The van der Waals surface area contributed by atoms with E-state index in [-0.39, 0.29) is 0 Å². The zero-order valence-corrected chi connectivity index (χ0v) is 28.1. The van der Waals surface area contributed by atoms with Gasteiger partial charge in [0.15, 0.2) is 5.84 Å². The molecule has 0 spiro atoms. The van der Waals surface area contributed by atoms with Gasteiger partial charge in [0.1, 0.15) is 11.2 Å². The average molecular weight is 653 g/mol. The van der Waals surface area contributed by atoms with E-state index in [0.717, 1.165) is 61.2 Å². The minimum absolute atomic E-state index is 0.690. The SMILES string of the molecule is CC1=C(c2cc3ccccc3c3ccccc23)N=C(c2ccc(-c3cccc4oc5ccccc5c34)cc2)N=C(c2ccc3ccccc3c2)C1. The largest absolute Gasteiger partial charge is 0.456 e. The maximum Gasteiger partial charge on any atom is 0.160 e. The van der Waals surface area contributed by atoms with Gasteiger partial charge in [-0.1, -0.05) is 140 Å². The molecule has 1 aliphatic rings. The molecule has 0 saturated carbocycles. The van der Waals surface area contributed by atoms with E-state index in [1.54, 1.807) is 0 Å². The highest BCUT2D eigenvalue weighted by molar-refractivity contribution is 6.19. The molecule has 10 rings (SSSR count). The number of fused-ring (bicyclic) bond motifs is 7. The molecule has 8 aromatic carbocycles. The van der Waals surface area contributed by atoms with E-state index >= 15 is 0 Å². The molecule has 0 amide bonds. The molecule has 1 aliphatic heterocycles. The number of hydrogen-bond acceptors (Lipinski definition) is 3. The molecule has 0 unspecified atom stereocenters. The van der Waals surface area contributed by atoms with Crippen molar-refractivity contribution in [1.29, 1.82) is 0 Å². The fourth-order valence-electron chi connectivity index (χ4n) is 7.75. The van der Waals surface area contributed by atoms with Crippen LogP contribution in [-0.4, -0.2) is 11.5 Å². The van der Waals surface area contributed by atoms with E-state index in [0.29, 0.717) is 12.3 Å². The number of nitrogens with zero attached hydrogens (tertiary/aromatic N) is 2. The summed E-state index contributed by atoms with van der Waals surface area (Å²) in [5, 5.41) is 9.55. The van der Waals surface area contributed by atoms with Crippen LogP contribution < -0.4 is 0 Å². The van der Waals surface area contributed by atoms with Gasteiger partial charge in [-0.2, -0.15) is 0 Å². The van der Waals surface area contributed by atoms with Crippen LogP contribution in [0.25, 0.3) is 71.1 Å². The molecule has 1 aromatic heterocycles. The molecule has 240 valence electrons. The van der Waals surface area contributed by atoms with Gasteiger partial charge in [-0.3, -0.25) is 0 Å². The lowest BCUT2D eigenvalue weighted by Gasteiger charge is -2.14. The zero-order chi connectivity index (χ0) is 33.9. The van der Waals surface area contributed by atoms with Crippen LogP contribution >= 0.6 is 0 Å². The normalized spacial score (nSPS) is 13.7. The van der Waals surface area contributed by atoms with E-state index in [1.165, 1.54) is 37.9 Å². The van der Waals surface area contributed by atoms with Gasteiger partial charge in [-0.25, -0.2) is 9.98 Å². The molecule has 0 radical (unpaired) electrons. The monoisotopic (exact) mass is 652 g/mol. The Morgan fingerprint density at radius 1 is 0.451 bits per heavy atom. The van der Waals surface area contributed by atoms with Crippen LogP contribution in [0.4, 0.5) is 0 Å². The van der Waals surface area contributed by atoms with Crippen molar-refractivity contribution in [1.82, 2.24) is 0 Å². The Bertz CT molecular complexity index is 2940. The van der Waals surface area contributed by atoms with Crippen LogP contribution in [-0.2, 0) is 0 Å². The van der Waals surface area contributed by atoms with Crippen LogP contribution in [0.5, 0.6) is 0 Å². The second kappa shape index (κ2) is 11.8. The van der Waals surface area contributed by atoms with Gasteiger partial charge < -0.3 is 4.42 Å². The lowest BCUT2D eigenvalue weighted by molar-refractivity contribution is 0.669. The van der Waals surface area contributed by atoms with Crippen molar-refractivity contribution in [2.45, 2.75) is 13.3 Å². The van der Waals surface area contributed by atoms with Gasteiger partial charge in [0, 0.05) is 28.3 Å². The van der Waals surface area contributed by atoms with Crippen molar-refractivity contribution in [2.75, 3.05) is 0 Å². The molecule has 0 bridgehead atoms. The summed E-state index contributed by atoms with van der Waals surface area (Å²) in [5.41, 5.74) is 10.4. The Morgan fingerprint density at radius 3 is 1.94 bits per heavy atom. The fourth-order valence-corrected chi connectivity index (χ4v) is 7.75. The maximum atomic E-state index is 6.21. The van der Waals surface area contributed by atoms with Crippen LogP contribution in [0.15, 0.2) is 184 Å². The van der Waals surface area contributed by atoms with E-state index < -0.39 is 0 Å². The average Bonchev–Trinajstić information content (AvgIpc) is 3.48. The maximum absolute atomic E-state index is 6.21. The second-order valence-corrected chi connectivity index (χ2v) is 13.4. The Hall–Kier alpha value is -6.58. The molecule has 0 saturated heterocycles. The molecule has 0 N–H and O–H groups in total. The van der Waals surface area contributed by atoms with Crippen molar-refractivity contribution in [3.05, 3.63) is 186 Å². The standard InChI is InChI=1S/C48H32N2O/c1-30-27-43(36-26-21-31-11-2-3-12-34(31)28-36)49-48(50-47(30)42-29-35-13-4-5-14-37(35)39-15-6-7-16-40(39)42)33-24-22-32(23-25-33)38-18-10-20-45-46(38)41-17-8-9-19-44(41)51-45/h2-26,28-29H,27H2,1H3. The first-order chi connectivity index (χ1) is 25.2. The van der Waals surface area contributed by atoms with E-state index in [9.17, 15) is 0 Å². The Morgan fingerprint density at radius 2 is 1.10 bits per heavy atom. The molecule has 51 heavy (non-hydrogen) atoms. The number of allylic oxidation sites excluding steroid dienone is 1. The third-order valence-corrected chi connectivity index (χ3v) is 10.3. The fraction of sp³-hybridized carbons (Fsp3) is 0.0417. The summed E-state index contributed by atoms with van der Waals surface area (Å²) in [6.07, 6.45) is 0.690. The summed E-state index contributed by atoms with van der Waals surface area (Å²) in [7, 11) is 0. The lowest BCUT2D eigenvalue weighted by Crippen LogP contribution is -2.06. The van der Waals surface area contributed by atoms with E-state index in [4.69, 9.17) is 14.4 Å². The van der Waals surface area contributed by atoms with Crippen LogP contribution in [0, 0.1) is 0 Å². The molecular weight excluding hydrogens is 621 g/mol. The number of benzene rings is 8. The van der Waals surface area contributed by atoms with Crippen molar-refractivity contribution >= 4 is 71.5 Å². The minimum atomic E-state index is 0.690. The number of aliphatic imine (C=N–C) groups is 2. The predicted molar refractivity (Wildman–Crippen MR) is 215 cm³/mol. The Kier molecular flexibility index (Phi) is 6.78. The van der Waals surface area contributed by atoms with Gasteiger partial charge in [0.2, 0.25) is 0 Å². The first-order valence-corrected chi connectivity index (χ1v) is 17.4. The first kappa shape index (κ1) is 29.3. The topological polar surface area (TPSA) is 37.9 Å². The van der Waals surface area contributed by atoms with Gasteiger partial charge in [0.25, 0.3) is 0 Å². The lowest BCUT2D eigenvalue weighted by atomic mass is 9.92. The quantitative estimate of drug-likeness (QED) is 0.174. The van der Waals surface area contributed by atoms with Crippen molar-refractivity contribution in [2.24, 2.45) is 9.98 Å². The summed E-state index contributed by atoms with van der Waals surface area (Å²) in [4.78, 5) is 10.9. The van der Waals surface area contributed by atoms with Gasteiger partial charge in [0.05, 0.1) is 11.4 Å². The smallest absolute Gasteiger partial charge is 0.160 e. The molecule has 0 atom stereocenters. The number of amidine groups is 1. The van der Waals surface area contributed by atoms with E-state index in [1.807, 2.05) is 18.2 Å². The molecule has 9 aromatic rings. The summed E-state index contributed by atoms with van der Waals surface area (Å²) in [6, 6.07) is 58.0. The van der Waals surface area contributed by atoms with Gasteiger partial charge in [-0.05, 0) is 85.8 Å². The number of furan rings is 1. The van der Waals surface area contributed by atoms with Crippen molar-refractivity contribution in [3.63, 3.8) is 0 Å². The highest BCUT2D eigenvalue weighted by Gasteiger charge is 2.20. The number of rotatable bonds is 4. The summed E-state index contributed by atoms with van der Waals surface area (Å²) in [5.74, 6) is 0.709. The van der Waals surface area contributed by atoms with Crippen LogP contribution in [0.3, 0.4) is 0 Å². The van der Waals surface area contributed by atoms with Gasteiger partial charge in [-0.15, -0.1) is 0 Å². The van der Waals surface area contributed by atoms with Crippen LogP contribution in [0.2, 0.25) is 0 Å². The van der Waals surface area contributed by atoms with Crippen molar-refractivity contribution in [3.8, 4) is 11.1 Å². The predicted octanol–water partition coefficient (Wildman–Crippen LogP) is 12.8. The first-order valence-electron chi connectivity index (χ1n) is 17.4. The Balaban J connectivity index is 1.16. The zero-order valence-electron chi connectivity index (χ0n) is 28.1. The van der Waals surface area contributed by atoms with Gasteiger partial charge >= 0.3 is 0 Å². The number of para-hydroxylation sites is 1. The summed E-state index contributed by atoms with van der Waals surface area (Å²) in [6.45, 7) is 2.21. The number of hydrogen-bond donors (Lipinski definition) is 0. The molecule has 3 heteroatoms. The molecule has 3 nitrogen and oxygen atoms in total. The third kappa shape index (κ3) is 4.97. The second-order valence-electron chi connectivity index (χ2n) is 13.4.